The molecular formula is C16H22O. The van der Waals surface area contributed by atoms with Crippen molar-refractivity contribution in [3.05, 3.63) is 41.6 Å². The number of ether oxygens (including phenoxy) is 1. The van der Waals surface area contributed by atoms with Crippen molar-refractivity contribution in [3.63, 3.8) is 0 Å². The van der Waals surface area contributed by atoms with Crippen molar-refractivity contribution in [2.75, 3.05) is 7.11 Å². The van der Waals surface area contributed by atoms with Gasteiger partial charge in [0.05, 0.1) is 7.11 Å². The highest BCUT2D eigenvalue weighted by Crippen LogP contribution is 2.11. The van der Waals surface area contributed by atoms with Gasteiger partial charge in [-0.05, 0) is 42.7 Å². The molecule has 0 unspecified atom stereocenters. The Labute approximate surface area is 105 Å². The smallest absolute Gasteiger partial charge is 0.118 e. The third-order valence-corrected chi connectivity index (χ3v) is 2.69. The molecule has 0 heterocycles. The van der Waals surface area contributed by atoms with E-state index in [1.807, 2.05) is 30.3 Å². The Bertz CT molecular complexity index is 356. The van der Waals surface area contributed by atoms with Crippen LogP contribution in [0.25, 0.3) is 6.08 Å². The summed E-state index contributed by atoms with van der Waals surface area (Å²) in [7, 11) is 1.68. The molecule has 0 amide bonds. The van der Waals surface area contributed by atoms with Gasteiger partial charge >= 0.3 is 0 Å². The monoisotopic (exact) mass is 230 g/mol. The van der Waals surface area contributed by atoms with Crippen LogP contribution in [0.4, 0.5) is 0 Å². The molecule has 0 fully saturated rings. The first-order valence-electron chi connectivity index (χ1n) is 6.42. The summed E-state index contributed by atoms with van der Waals surface area (Å²) in [6.07, 6.45) is 10.5. The number of hydrogen-bond acceptors (Lipinski definition) is 1. The summed E-state index contributed by atoms with van der Waals surface area (Å²) in [4.78, 5) is 0. The van der Waals surface area contributed by atoms with Crippen molar-refractivity contribution in [2.45, 2.75) is 39.0 Å². The van der Waals surface area contributed by atoms with Crippen molar-refractivity contribution < 1.29 is 4.74 Å². The van der Waals surface area contributed by atoms with Crippen molar-refractivity contribution in [2.24, 2.45) is 0 Å². The lowest BCUT2D eigenvalue weighted by Gasteiger charge is -1.97. The highest BCUT2D eigenvalue weighted by Gasteiger charge is 1.88. The lowest BCUT2D eigenvalue weighted by molar-refractivity contribution is 0.415. The summed E-state index contributed by atoms with van der Waals surface area (Å²) in [5.74, 6) is 0.894. The van der Waals surface area contributed by atoms with E-state index in [2.05, 4.69) is 18.7 Å². The quantitative estimate of drug-likeness (QED) is 0.481. The summed E-state index contributed by atoms with van der Waals surface area (Å²) in [6.45, 7) is 2.24. The van der Waals surface area contributed by atoms with Crippen LogP contribution in [0.1, 0.15) is 44.6 Å². The molecule has 0 saturated carbocycles. The summed E-state index contributed by atoms with van der Waals surface area (Å²) in [6, 6.07) is 8.01. The SMILES string of the molecule is CCCCCCC=C=Cc1ccc(OC)cc1. The Morgan fingerprint density at radius 3 is 2.53 bits per heavy atom. The molecule has 1 rings (SSSR count). The van der Waals surface area contributed by atoms with Crippen molar-refractivity contribution in [3.8, 4) is 5.75 Å². The molecule has 1 aromatic rings. The molecule has 0 aromatic heterocycles. The van der Waals surface area contributed by atoms with E-state index >= 15 is 0 Å². The zero-order valence-corrected chi connectivity index (χ0v) is 10.9. The van der Waals surface area contributed by atoms with Gasteiger partial charge in [-0.15, -0.1) is 5.73 Å². The maximum atomic E-state index is 5.11. The number of benzene rings is 1. The van der Waals surface area contributed by atoms with Crippen LogP contribution in [0.2, 0.25) is 0 Å². The molecule has 1 aromatic carbocycles. The number of methoxy groups -OCH3 is 1. The third-order valence-electron chi connectivity index (χ3n) is 2.69. The standard InChI is InChI=1S/C16H22O/c1-3-4-5-6-7-8-9-10-15-11-13-16(17-2)14-12-15/h8,10-14H,3-7H2,1-2H3. The average molecular weight is 230 g/mol. The first kappa shape index (κ1) is 13.6. The lowest BCUT2D eigenvalue weighted by atomic mass is 10.1. The van der Waals surface area contributed by atoms with Crippen LogP contribution >= 0.6 is 0 Å². The van der Waals surface area contributed by atoms with E-state index in [9.17, 15) is 0 Å². The highest BCUT2D eigenvalue weighted by molar-refractivity contribution is 5.49. The molecule has 0 spiro atoms. The molecule has 0 atom stereocenters. The predicted molar refractivity (Wildman–Crippen MR) is 74.3 cm³/mol. The van der Waals surface area contributed by atoms with Crippen LogP contribution in [-0.2, 0) is 0 Å². The van der Waals surface area contributed by atoms with Gasteiger partial charge in [0.25, 0.3) is 0 Å². The molecule has 0 N–H and O–H groups in total. The van der Waals surface area contributed by atoms with Gasteiger partial charge in [0.15, 0.2) is 0 Å². The fourth-order valence-electron chi connectivity index (χ4n) is 1.61. The minimum atomic E-state index is 0.894. The van der Waals surface area contributed by atoms with E-state index in [0.29, 0.717) is 0 Å². The zero-order chi connectivity index (χ0) is 12.3. The van der Waals surface area contributed by atoms with E-state index in [4.69, 9.17) is 4.74 Å². The summed E-state index contributed by atoms with van der Waals surface area (Å²) in [5, 5.41) is 0. The molecule has 1 nitrogen and oxygen atoms in total. The summed E-state index contributed by atoms with van der Waals surface area (Å²) in [5.41, 5.74) is 4.39. The van der Waals surface area contributed by atoms with Crippen LogP contribution in [0.15, 0.2) is 36.1 Å². The number of unbranched alkanes of at least 4 members (excludes halogenated alkanes) is 4. The third kappa shape index (κ3) is 5.99. The Morgan fingerprint density at radius 2 is 1.88 bits per heavy atom. The maximum Gasteiger partial charge on any atom is 0.118 e. The van der Waals surface area contributed by atoms with Gasteiger partial charge in [-0.25, -0.2) is 0 Å². The molecular weight excluding hydrogens is 208 g/mol. The normalized spacial score (nSPS) is 9.53. The molecule has 0 radical (unpaired) electrons. The molecule has 1 heteroatoms. The van der Waals surface area contributed by atoms with Gasteiger partial charge in [0, 0.05) is 0 Å². The van der Waals surface area contributed by atoms with E-state index < -0.39 is 0 Å². The van der Waals surface area contributed by atoms with Crippen LogP contribution in [0, 0.1) is 0 Å². The van der Waals surface area contributed by atoms with Crippen LogP contribution in [-0.4, -0.2) is 7.11 Å². The fraction of sp³-hybridized carbons (Fsp3) is 0.438. The second kappa shape index (κ2) is 8.66. The lowest BCUT2D eigenvalue weighted by Crippen LogP contribution is -1.80. The van der Waals surface area contributed by atoms with Crippen molar-refractivity contribution in [1.82, 2.24) is 0 Å². The van der Waals surface area contributed by atoms with Crippen LogP contribution in [0.3, 0.4) is 0 Å². The Morgan fingerprint density at radius 1 is 1.12 bits per heavy atom. The second-order valence-corrected chi connectivity index (χ2v) is 4.14. The number of hydrogen-bond donors (Lipinski definition) is 0. The highest BCUT2D eigenvalue weighted by atomic mass is 16.5. The van der Waals surface area contributed by atoms with E-state index in [1.165, 1.54) is 25.7 Å². The van der Waals surface area contributed by atoms with E-state index in [-0.39, 0.29) is 0 Å². The topological polar surface area (TPSA) is 9.23 Å². The molecule has 0 bridgehead atoms. The molecule has 92 valence electrons. The molecule has 17 heavy (non-hydrogen) atoms. The molecule has 0 aliphatic heterocycles. The first-order valence-corrected chi connectivity index (χ1v) is 6.42. The van der Waals surface area contributed by atoms with Crippen molar-refractivity contribution in [1.29, 1.82) is 0 Å². The van der Waals surface area contributed by atoms with E-state index in [1.54, 1.807) is 7.11 Å². The second-order valence-electron chi connectivity index (χ2n) is 4.14. The summed E-state index contributed by atoms with van der Waals surface area (Å²) < 4.78 is 5.11. The predicted octanol–water partition coefficient (Wildman–Crippen LogP) is 4.83. The number of rotatable bonds is 7. The number of allylic oxidation sites excluding steroid dienone is 1. The maximum absolute atomic E-state index is 5.11. The molecule has 0 aliphatic carbocycles. The van der Waals surface area contributed by atoms with Gasteiger partial charge in [-0.3, -0.25) is 0 Å². The molecule has 0 saturated heterocycles. The minimum Gasteiger partial charge on any atom is -0.497 e. The fourth-order valence-corrected chi connectivity index (χ4v) is 1.61. The van der Waals surface area contributed by atoms with Gasteiger partial charge in [0.1, 0.15) is 5.75 Å². The van der Waals surface area contributed by atoms with Crippen molar-refractivity contribution >= 4 is 6.08 Å². The Hall–Kier alpha value is -1.46. The van der Waals surface area contributed by atoms with Gasteiger partial charge < -0.3 is 4.74 Å². The molecule has 0 aliphatic rings. The Balaban J connectivity index is 2.33. The average Bonchev–Trinajstić information content (AvgIpc) is 2.38. The van der Waals surface area contributed by atoms with Gasteiger partial charge in [-0.2, -0.15) is 0 Å². The largest absolute Gasteiger partial charge is 0.497 e. The zero-order valence-electron chi connectivity index (χ0n) is 10.9. The van der Waals surface area contributed by atoms with Gasteiger partial charge in [-0.1, -0.05) is 38.3 Å². The van der Waals surface area contributed by atoms with Crippen LogP contribution in [0.5, 0.6) is 5.75 Å². The van der Waals surface area contributed by atoms with Crippen LogP contribution < -0.4 is 4.74 Å². The van der Waals surface area contributed by atoms with E-state index in [0.717, 1.165) is 17.7 Å². The minimum absolute atomic E-state index is 0.894. The first-order chi connectivity index (χ1) is 8.36. The van der Waals surface area contributed by atoms with Gasteiger partial charge in [0.2, 0.25) is 0 Å². The Kier molecular flexibility index (Phi) is 6.93. The summed E-state index contributed by atoms with van der Waals surface area (Å²) >= 11 is 0.